The summed E-state index contributed by atoms with van der Waals surface area (Å²) in [5.74, 6) is 0.644. The molecule has 1 aliphatic heterocycles. The van der Waals surface area contributed by atoms with Crippen LogP contribution in [-0.4, -0.2) is 43.0 Å². The normalized spacial score (nSPS) is 15.5. The van der Waals surface area contributed by atoms with E-state index in [1.807, 2.05) is 32.0 Å². The first kappa shape index (κ1) is 14.4. The van der Waals surface area contributed by atoms with E-state index in [0.29, 0.717) is 26.1 Å². The van der Waals surface area contributed by atoms with Crippen molar-refractivity contribution in [2.75, 3.05) is 26.2 Å². The van der Waals surface area contributed by atoms with Gasteiger partial charge in [0.25, 0.3) is 5.91 Å². The lowest BCUT2D eigenvalue weighted by molar-refractivity contribution is -0.133. The third-order valence-corrected chi connectivity index (χ3v) is 3.35. The number of benzene rings is 1. The van der Waals surface area contributed by atoms with E-state index in [1.165, 1.54) is 5.56 Å². The highest BCUT2D eigenvalue weighted by Crippen LogP contribution is 2.18. The Morgan fingerprint density at radius 1 is 1.35 bits per heavy atom. The maximum absolute atomic E-state index is 12.1. The zero-order chi connectivity index (χ0) is 14.5. The monoisotopic (exact) mass is 276 g/mol. The van der Waals surface area contributed by atoms with Gasteiger partial charge in [0.05, 0.1) is 0 Å². The number of aryl methyl sites for hydroxylation is 2. The van der Waals surface area contributed by atoms with Crippen LogP contribution in [0.5, 0.6) is 5.75 Å². The highest BCUT2D eigenvalue weighted by Gasteiger charge is 2.18. The first-order valence-corrected chi connectivity index (χ1v) is 6.81. The molecule has 0 saturated carbocycles. The molecule has 2 amide bonds. The lowest BCUT2D eigenvalue weighted by atomic mass is 10.1. The van der Waals surface area contributed by atoms with Gasteiger partial charge in [0.2, 0.25) is 5.91 Å². The Balaban J connectivity index is 1.89. The summed E-state index contributed by atoms with van der Waals surface area (Å²) in [6.45, 7) is 5.50. The number of nitrogens with one attached hydrogen (secondary N) is 1. The van der Waals surface area contributed by atoms with E-state index in [1.54, 1.807) is 4.90 Å². The molecule has 1 heterocycles. The molecule has 1 aromatic rings. The Labute approximate surface area is 118 Å². The number of amides is 2. The van der Waals surface area contributed by atoms with E-state index in [4.69, 9.17) is 4.74 Å². The Hall–Kier alpha value is -2.04. The minimum Gasteiger partial charge on any atom is -0.484 e. The maximum Gasteiger partial charge on any atom is 0.260 e. The Bertz CT molecular complexity index is 514. The average molecular weight is 276 g/mol. The molecule has 1 aromatic carbocycles. The van der Waals surface area contributed by atoms with E-state index in [0.717, 1.165) is 11.3 Å². The lowest BCUT2D eigenvalue weighted by Crippen LogP contribution is -2.37. The van der Waals surface area contributed by atoms with Crippen molar-refractivity contribution < 1.29 is 14.3 Å². The SMILES string of the molecule is Cc1ccc(OCC(=O)N2CCNC(=O)CC2)c(C)c1. The number of nitrogens with zero attached hydrogens (tertiary/aromatic N) is 1. The Kier molecular flexibility index (Phi) is 4.61. The van der Waals surface area contributed by atoms with Gasteiger partial charge in [-0.15, -0.1) is 0 Å². The number of carbonyl (C=O) groups is 2. The van der Waals surface area contributed by atoms with Gasteiger partial charge in [-0.3, -0.25) is 9.59 Å². The summed E-state index contributed by atoms with van der Waals surface area (Å²) in [6.07, 6.45) is 0.356. The molecular formula is C15H20N2O3. The van der Waals surface area contributed by atoms with Crippen molar-refractivity contribution in [3.8, 4) is 5.75 Å². The van der Waals surface area contributed by atoms with Crippen LogP contribution in [0.25, 0.3) is 0 Å². The van der Waals surface area contributed by atoms with Crippen LogP contribution in [-0.2, 0) is 9.59 Å². The largest absolute Gasteiger partial charge is 0.484 e. The third kappa shape index (κ3) is 3.73. The summed E-state index contributed by atoms with van der Waals surface area (Å²) in [5, 5.41) is 2.74. The second-order valence-electron chi connectivity index (χ2n) is 5.04. The van der Waals surface area contributed by atoms with E-state index in [2.05, 4.69) is 5.32 Å². The van der Waals surface area contributed by atoms with Gasteiger partial charge in [0.1, 0.15) is 5.75 Å². The second kappa shape index (κ2) is 6.41. The molecule has 0 unspecified atom stereocenters. The molecule has 0 atom stereocenters. The van der Waals surface area contributed by atoms with Crippen LogP contribution in [0.4, 0.5) is 0 Å². The third-order valence-electron chi connectivity index (χ3n) is 3.35. The summed E-state index contributed by atoms with van der Waals surface area (Å²) < 4.78 is 5.58. The lowest BCUT2D eigenvalue weighted by Gasteiger charge is -2.20. The zero-order valence-corrected chi connectivity index (χ0v) is 11.9. The molecule has 20 heavy (non-hydrogen) atoms. The van der Waals surface area contributed by atoms with Gasteiger partial charge in [-0.1, -0.05) is 17.7 Å². The van der Waals surface area contributed by atoms with Gasteiger partial charge in [-0.2, -0.15) is 0 Å². The number of hydrogen-bond acceptors (Lipinski definition) is 3. The number of hydrogen-bond donors (Lipinski definition) is 1. The molecule has 0 aromatic heterocycles. The van der Waals surface area contributed by atoms with Crippen LogP contribution in [0.3, 0.4) is 0 Å². The van der Waals surface area contributed by atoms with Gasteiger partial charge >= 0.3 is 0 Å². The van der Waals surface area contributed by atoms with Gasteiger partial charge in [0, 0.05) is 26.1 Å². The van der Waals surface area contributed by atoms with Crippen molar-refractivity contribution in [2.24, 2.45) is 0 Å². The van der Waals surface area contributed by atoms with E-state index in [-0.39, 0.29) is 18.4 Å². The standard InChI is InChI=1S/C15H20N2O3/c1-11-3-4-13(12(2)9-11)20-10-15(19)17-7-5-14(18)16-6-8-17/h3-4,9H,5-8,10H2,1-2H3,(H,16,18). The number of rotatable bonds is 3. The molecule has 108 valence electrons. The molecule has 2 rings (SSSR count). The van der Waals surface area contributed by atoms with Crippen LogP contribution in [0.1, 0.15) is 17.5 Å². The summed E-state index contributed by atoms with van der Waals surface area (Å²) in [6, 6.07) is 5.86. The number of ether oxygens (including phenoxy) is 1. The maximum atomic E-state index is 12.1. The minimum atomic E-state index is -0.0820. The smallest absolute Gasteiger partial charge is 0.260 e. The fraction of sp³-hybridized carbons (Fsp3) is 0.467. The molecule has 1 N–H and O–H groups in total. The van der Waals surface area contributed by atoms with Crippen LogP contribution >= 0.6 is 0 Å². The molecule has 1 aliphatic rings. The van der Waals surface area contributed by atoms with Gasteiger partial charge in [0.15, 0.2) is 6.61 Å². The van der Waals surface area contributed by atoms with Gasteiger partial charge in [-0.05, 0) is 25.5 Å². The van der Waals surface area contributed by atoms with E-state index >= 15 is 0 Å². The topological polar surface area (TPSA) is 58.6 Å². The van der Waals surface area contributed by atoms with Crippen molar-refractivity contribution in [3.05, 3.63) is 29.3 Å². The number of carbonyl (C=O) groups excluding carboxylic acids is 2. The van der Waals surface area contributed by atoms with Crippen LogP contribution in [0.2, 0.25) is 0 Å². The summed E-state index contributed by atoms with van der Waals surface area (Å²) in [7, 11) is 0. The first-order chi connectivity index (χ1) is 9.56. The molecule has 0 bridgehead atoms. The van der Waals surface area contributed by atoms with Crippen LogP contribution in [0, 0.1) is 13.8 Å². The quantitative estimate of drug-likeness (QED) is 0.897. The van der Waals surface area contributed by atoms with Gasteiger partial charge in [-0.25, -0.2) is 0 Å². The molecule has 1 fully saturated rings. The van der Waals surface area contributed by atoms with Crippen molar-refractivity contribution in [3.63, 3.8) is 0 Å². The van der Waals surface area contributed by atoms with Crippen LogP contribution in [0.15, 0.2) is 18.2 Å². The summed E-state index contributed by atoms with van der Waals surface area (Å²) in [4.78, 5) is 25.0. The highest BCUT2D eigenvalue weighted by molar-refractivity contribution is 5.81. The second-order valence-corrected chi connectivity index (χ2v) is 5.04. The molecule has 5 nitrogen and oxygen atoms in total. The predicted octanol–water partition coefficient (Wildman–Crippen LogP) is 1.03. The van der Waals surface area contributed by atoms with Crippen LogP contribution < -0.4 is 10.1 Å². The first-order valence-electron chi connectivity index (χ1n) is 6.81. The predicted molar refractivity (Wildman–Crippen MR) is 75.6 cm³/mol. The van der Waals surface area contributed by atoms with Crippen molar-refractivity contribution in [1.29, 1.82) is 0 Å². The minimum absolute atomic E-state index is 0.00408. The van der Waals surface area contributed by atoms with Crippen molar-refractivity contribution >= 4 is 11.8 Å². The molecule has 0 aliphatic carbocycles. The molecule has 0 radical (unpaired) electrons. The van der Waals surface area contributed by atoms with E-state index < -0.39 is 0 Å². The van der Waals surface area contributed by atoms with Gasteiger partial charge < -0.3 is 15.0 Å². The Morgan fingerprint density at radius 2 is 2.15 bits per heavy atom. The van der Waals surface area contributed by atoms with Crippen molar-refractivity contribution in [1.82, 2.24) is 10.2 Å². The molecule has 5 heteroatoms. The zero-order valence-electron chi connectivity index (χ0n) is 11.9. The fourth-order valence-electron chi connectivity index (χ4n) is 2.21. The summed E-state index contributed by atoms with van der Waals surface area (Å²) in [5.41, 5.74) is 2.18. The molecule has 0 spiro atoms. The Morgan fingerprint density at radius 3 is 2.90 bits per heavy atom. The average Bonchev–Trinajstić information content (AvgIpc) is 2.62. The van der Waals surface area contributed by atoms with E-state index in [9.17, 15) is 9.59 Å². The highest BCUT2D eigenvalue weighted by atomic mass is 16.5. The fourth-order valence-corrected chi connectivity index (χ4v) is 2.21. The molecular weight excluding hydrogens is 256 g/mol. The van der Waals surface area contributed by atoms with Crippen molar-refractivity contribution in [2.45, 2.75) is 20.3 Å². The summed E-state index contributed by atoms with van der Waals surface area (Å²) >= 11 is 0. The molecule has 1 saturated heterocycles.